The first kappa shape index (κ1) is 10.4. The molecule has 0 N–H and O–H groups in total. The van der Waals surface area contributed by atoms with Crippen LogP contribution in [0.3, 0.4) is 0 Å². The molecule has 1 fully saturated rings. The second kappa shape index (κ2) is 4.15. The Hall–Kier alpha value is -1.15. The normalized spacial score (nSPS) is 20.5. The Bertz CT molecular complexity index is 376. The predicted octanol–water partition coefficient (Wildman–Crippen LogP) is 2.67. The summed E-state index contributed by atoms with van der Waals surface area (Å²) in [5.41, 5.74) is 3.05. The number of hydrogen-bond donors (Lipinski definition) is 0. The summed E-state index contributed by atoms with van der Waals surface area (Å²) in [7, 11) is 0. The molecule has 0 amide bonds. The number of carbonyl (C=O) groups excluding carboxylic acids is 1. The molecule has 1 aromatic rings. The fraction of sp³-hybridized carbons (Fsp3) is 0.462. The Balaban J connectivity index is 2.24. The summed E-state index contributed by atoms with van der Waals surface area (Å²) in [4.78, 5) is 12.1. The number of carbonyl (C=O) groups is 1. The highest BCUT2D eigenvalue weighted by Crippen LogP contribution is 2.20. The molecule has 2 nitrogen and oxygen atoms in total. The van der Waals surface area contributed by atoms with Crippen LogP contribution in [-0.2, 0) is 4.74 Å². The average Bonchev–Trinajstić information content (AvgIpc) is 2.69. The fourth-order valence-electron chi connectivity index (χ4n) is 2.05. The van der Waals surface area contributed by atoms with Crippen LogP contribution < -0.4 is 0 Å². The Kier molecular flexibility index (Phi) is 2.87. The van der Waals surface area contributed by atoms with Gasteiger partial charge in [-0.2, -0.15) is 0 Å². The van der Waals surface area contributed by atoms with Gasteiger partial charge < -0.3 is 4.74 Å². The maximum atomic E-state index is 12.1. The zero-order valence-electron chi connectivity index (χ0n) is 9.25. The van der Waals surface area contributed by atoms with Crippen molar-refractivity contribution >= 4 is 5.78 Å². The smallest absolute Gasteiger partial charge is 0.191 e. The Morgan fingerprint density at radius 3 is 2.80 bits per heavy atom. The van der Waals surface area contributed by atoms with Crippen molar-refractivity contribution in [2.75, 3.05) is 6.61 Å². The molecule has 2 rings (SSSR count). The molecule has 0 bridgehead atoms. The van der Waals surface area contributed by atoms with E-state index in [0.29, 0.717) is 0 Å². The van der Waals surface area contributed by atoms with Crippen LogP contribution >= 0.6 is 0 Å². The maximum Gasteiger partial charge on any atom is 0.191 e. The lowest BCUT2D eigenvalue weighted by Crippen LogP contribution is -2.20. The fourth-order valence-corrected chi connectivity index (χ4v) is 2.05. The van der Waals surface area contributed by atoms with E-state index in [1.807, 2.05) is 32.0 Å². The molecule has 1 aliphatic rings. The minimum absolute atomic E-state index is 0.144. The van der Waals surface area contributed by atoms with E-state index in [1.165, 1.54) is 5.56 Å². The van der Waals surface area contributed by atoms with Gasteiger partial charge in [0.05, 0.1) is 0 Å². The van der Waals surface area contributed by atoms with E-state index >= 15 is 0 Å². The number of aryl methyl sites for hydroxylation is 2. The Labute approximate surface area is 90.3 Å². The molecule has 0 aliphatic carbocycles. The van der Waals surface area contributed by atoms with Crippen molar-refractivity contribution in [1.29, 1.82) is 0 Å². The maximum absolute atomic E-state index is 12.1. The summed E-state index contributed by atoms with van der Waals surface area (Å²) >= 11 is 0. The predicted molar refractivity (Wildman–Crippen MR) is 59.2 cm³/mol. The summed E-state index contributed by atoms with van der Waals surface area (Å²) in [5, 5.41) is 0. The van der Waals surface area contributed by atoms with Gasteiger partial charge in [-0.05, 0) is 32.3 Å². The van der Waals surface area contributed by atoms with Gasteiger partial charge in [0.15, 0.2) is 5.78 Å². The van der Waals surface area contributed by atoms with Crippen molar-refractivity contribution in [1.82, 2.24) is 0 Å². The molecule has 1 aromatic carbocycles. The number of benzene rings is 1. The van der Waals surface area contributed by atoms with Crippen LogP contribution in [0.4, 0.5) is 0 Å². The molecule has 80 valence electrons. The van der Waals surface area contributed by atoms with Crippen molar-refractivity contribution in [3.05, 3.63) is 34.9 Å². The zero-order valence-corrected chi connectivity index (χ0v) is 9.25. The topological polar surface area (TPSA) is 26.3 Å². The summed E-state index contributed by atoms with van der Waals surface area (Å²) in [6.45, 7) is 4.74. The second-order valence-electron chi connectivity index (χ2n) is 4.18. The summed E-state index contributed by atoms with van der Waals surface area (Å²) in [6, 6.07) is 5.94. The first-order valence-electron chi connectivity index (χ1n) is 5.41. The molecule has 1 saturated heterocycles. The Morgan fingerprint density at radius 1 is 1.40 bits per heavy atom. The standard InChI is InChI=1S/C13H16O2/c1-9-5-6-11(10(2)8-9)13(14)12-4-3-7-15-12/h5-6,8,12H,3-4,7H2,1-2H3. The summed E-state index contributed by atoms with van der Waals surface area (Å²) in [6.07, 6.45) is 1.67. The molecule has 0 aromatic heterocycles. The van der Waals surface area contributed by atoms with Crippen LogP contribution in [0.15, 0.2) is 18.2 Å². The van der Waals surface area contributed by atoms with Crippen LogP contribution in [0, 0.1) is 13.8 Å². The number of rotatable bonds is 2. The monoisotopic (exact) mass is 204 g/mol. The van der Waals surface area contributed by atoms with Crippen LogP contribution in [0.1, 0.15) is 34.3 Å². The molecule has 0 spiro atoms. The molecule has 1 unspecified atom stereocenters. The summed E-state index contributed by atoms with van der Waals surface area (Å²) < 4.78 is 5.40. The molecule has 0 radical (unpaired) electrons. The van der Waals surface area contributed by atoms with Crippen molar-refractivity contribution in [3.8, 4) is 0 Å². The molecule has 1 heterocycles. The van der Waals surface area contributed by atoms with Gasteiger partial charge in [-0.25, -0.2) is 0 Å². The number of ether oxygens (including phenoxy) is 1. The summed E-state index contributed by atoms with van der Waals surface area (Å²) in [5.74, 6) is 0.144. The third-order valence-corrected chi connectivity index (χ3v) is 2.87. The molecule has 2 heteroatoms. The van der Waals surface area contributed by atoms with Gasteiger partial charge in [0.1, 0.15) is 6.10 Å². The van der Waals surface area contributed by atoms with E-state index in [4.69, 9.17) is 4.74 Å². The minimum Gasteiger partial charge on any atom is -0.370 e. The highest BCUT2D eigenvalue weighted by molar-refractivity contribution is 6.00. The zero-order chi connectivity index (χ0) is 10.8. The van der Waals surface area contributed by atoms with Gasteiger partial charge in [-0.3, -0.25) is 4.79 Å². The molecule has 1 atom stereocenters. The van der Waals surface area contributed by atoms with E-state index in [2.05, 4.69) is 0 Å². The van der Waals surface area contributed by atoms with E-state index in [-0.39, 0.29) is 11.9 Å². The van der Waals surface area contributed by atoms with E-state index in [1.54, 1.807) is 0 Å². The number of Topliss-reactive ketones (excluding diaryl/α,β-unsaturated/α-hetero) is 1. The highest BCUT2D eigenvalue weighted by Gasteiger charge is 2.25. The number of ketones is 1. The van der Waals surface area contributed by atoms with Gasteiger partial charge >= 0.3 is 0 Å². The van der Waals surface area contributed by atoms with Crippen molar-refractivity contribution < 1.29 is 9.53 Å². The third kappa shape index (κ3) is 2.10. The molecular formula is C13H16O2. The average molecular weight is 204 g/mol. The Morgan fingerprint density at radius 2 is 2.20 bits per heavy atom. The van der Waals surface area contributed by atoms with Crippen LogP contribution in [0.25, 0.3) is 0 Å². The van der Waals surface area contributed by atoms with E-state index in [9.17, 15) is 4.79 Å². The van der Waals surface area contributed by atoms with Crippen molar-refractivity contribution in [2.24, 2.45) is 0 Å². The van der Waals surface area contributed by atoms with Crippen molar-refractivity contribution in [2.45, 2.75) is 32.8 Å². The van der Waals surface area contributed by atoms with Gasteiger partial charge in [0.25, 0.3) is 0 Å². The van der Waals surface area contributed by atoms with E-state index < -0.39 is 0 Å². The van der Waals surface area contributed by atoms with Gasteiger partial charge in [0, 0.05) is 12.2 Å². The van der Waals surface area contributed by atoms with Gasteiger partial charge in [0.2, 0.25) is 0 Å². The van der Waals surface area contributed by atoms with Crippen molar-refractivity contribution in [3.63, 3.8) is 0 Å². The highest BCUT2D eigenvalue weighted by atomic mass is 16.5. The largest absolute Gasteiger partial charge is 0.370 e. The van der Waals surface area contributed by atoms with Crippen LogP contribution in [0.2, 0.25) is 0 Å². The first-order chi connectivity index (χ1) is 7.18. The van der Waals surface area contributed by atoms with Gasteiger partial charge in [-0.15, -0.1) is 0 Å². The SMILES string of the molecule is Cc1ccc(C(=O)C2CCCO2)c(C)c1. The van der Waals surface area contributed by atoms with Gasteiger partial charge in [-0.1, -0.05) is 23.8 Å². The molecule has 0 saturated carbocycles. The van der Waals surface area contributed by atoms with Crippen LogP contribution in [-0.4, -0.2) is 18.5 Å². The lowest BCUT2D eigenvalue weighted by atomic mass is 9.98. The third-order valence-electron chi connectivity index (χ3n) is 2.87. The van der Waals surface area contributed by atoms with E-state index in [0.717, 1.165) is 30.6 Å². The molecular weight excluding hydrogens is 188 g/mol. The second-order valence-corrected chi connectivity index (χ2v) is 4.18. The lowest BCUT2D eigenvalue weighted by Gasteiger charge is -2.10. The molecule has 15 heavy (non-hydrogen) atoms. The first-order valence-corrected chi connectivity index (χ1v) is 5.41. The molecule has 1 aliphatic heterocycles. The number of hydrogen-bond acceptors (Lipinski definition) is 2. The quantitative estimate of drug-likeness (QED) is 0.692. The minimum atomic E-state index is -0.202. The van der Waals surface area contributed by atoms with Crippen LogP contribution in [0.5, 0.6) is 0 Å². The lowest BCUT2D eigenvalue weighted by molar-refractivity contribution is 0.0642.